The Labute approximate surface area is 95.2 Å². The van der Waals surface area contributed by atoms with E-state index in [1.165, 1.54) is 25.9 Å². The fraction of sp³-hybridized carbons (Fsp3) is 0.889. The second kappa shape index (κ2) is 4.06. The van der Waals surface area contributed by atoms with Crippen LogP contribution in [0.5, 0.6) is 0 Å². The quantitative estimate of drug-likeness (QED) is 0.710. The number of aromatic nitrogens is 4. The third-order valence-electron chi connectivity index (χ3n) is 3.45. The Bertz CT molecular complexity index is 331. The summed E-state index contributed by atoms with van der Waals surface area (Å²) in [5.74, 6) is 1.55. The fourth-order valence-corrected chi connectivity index (χ4v) is 2.63. The van der Waals surface area contributed by atoms with Crippen LogP contribution in [0.4, 0.5) is 0 Å². The average Bonchev–Trinajstić information content (AvgIpc) is 2.66. The van der Waals surface area contributed by atoms with Crippen LogP contribution in [0.3, 0.4) is 0 Å². The number of piperidine rings is 3. The topological polar surface area (TPSA) is 46.8 Å². The van der Waals surface area contributed by atoms with Crippen molar-refractivity contribution >= 4 is 12.4 Å². The highest BCUT2D eigenvalue weighted by atomic mass is 35.5. The van der Waals surface area contributed by atoms with Crippen molar-refractivity contribution in [1.82, 2.24) is 25.1 Å². The first-order chi connectivity index (χ1) is 6.83. The van der Waals surface area contributed by atoms with E-state index in [1.807, 2.05) is 11.7 Å². The first kappa shape index (κ1) is 10.8. The lowest BCUT2D eigenvalue weighted by molar-refractivity contribution is 0.0435. The van der Waals surface area contributed by atoms with E-state index in [4.69, 9.17) is 0 Å². The summed E-state index contributed by atoms with van der Waals surface area (Å²) >= 11 is 0. The molecular weight excluding hydrogens is 214 g/mol. The molecule has 4 heterocycles. The van der Waals surface area contributed by atoms with Crippen LogP contribution in [0.2, 0.25) is 0 Å². The Kier molecular flexibility index (Phi) is 2.93. The maximum absolute atomic E-state index is 4.32. The van der Waals surface area contributed by atoms with E-state index in [9.17, 15) is 0 Å². The van der Waals surface area contributed by atoms with Crippen LogP contribution in [0, 0.1) is 12.8 Å². The number of hydrogen-bond acceptors (Lipinski definition) is 4. The van der Waals surface area contributed by atoms with Crippen molar-refractivity contribution < 1.29 is 0 Å². The van der Waals surface area contributed by atoms with E-state index in [-0.39, 0.29) is 12.4 Å². The van der Waals surface area contributed by atoms with Gasteiger partial charge in [0.05, 0.1) is 6.04 Å². The molecule has 0 radical (unpaired) electrons. The van der Waals surface area contributed by atoms with Crippen LogP contribution in [0.15, 0.2) is 0 Å². The molecule has 2 bridgehead atoms. The largest absolute Gasteiger partial charge is 0.301 e. The molecule has 0 N–H and O–H groups in total. The molecule has 5 nitrogen and oxygen atoms in total. The zero-order chi connectivity index (χ0) is 9.54. The second-order valence-electron chi connectivity index (χ2n) is 4.36. The molecule has 1 aromatic heterocycles. The summed E-state index contributed by atoms with van der Waals surface area (Å²) < 4.78 is 0. The summed E-state index contributed by atoms with van der Waals surface area (Å²) in [5, 5.41) is 12.4. The molecule has 0 aromatic carbocycles. The van der Waals surface area contributed by atoms with Gasteiger partial charge in [-0.25, -0.2) is 0 Å². The molecule has 3 aliphatic heterocycles. The summed E-state index contributed by atoms with van der Waals surface area (Å²) in [6.45, 7) is 5.52. The van der Waals surface area contributed by atoms with Crippen molar-refractivity contribution in [2.45, 2.75) is 25.8 Å². The number of fused-ring (bicyclic) bond motifs is 3. The third-order valence-corrected chi connectivity index (χ3v) is 3.45. The lowest BCUT2D eigenvalue weighted by Gasteiger charge is -2.43. The first-order valence-electron chi connectivity index (χ1n) is 5.31. The molecule has 0 amide bonds. The highest BCUT2D eigenvalue weighted by Crippen LogP contribution is 2.34. The Hall–Kier alpha value is -0.680. The molecule has 0 aliphatic carbocycles. The van der Waals surface area contributed by atoms with Crippen molar-refractivity contribution in [2.24, 2.45) is 5.92 Å². The molecule has 4 rings (SSSR count). The van der Waals surface area contributed by atoms with Crippen LogP contribution >= 0.6 is 12.4 Å². The van der Waals surface area contributed by atoms with E-state index < -0.39 is 0 Å². The third kappa shape index (κ3) is 1.86. The lowest BCUT2D eigenvalue weighted by Crippen LogP contribution is -2.48. The normalized spacial score (nSPS) is 33.8. The van der Waals surface area contributed by atoms with Crippen LogP contribution in [-0.4, -0.2) is 44.7 Å². The zero-order valence-electron chi connectivity index (χ0n) is 8.83. The van der Waals surface area contributed by atoms with Gasteiger partial charge in [-0.05, 0) is 44.0 Å². The smallest absolute Gasteiger partial charge is 0.171 e. The van der Waals surface area contributed by atoms with Crippen molar-refractivity contribution in [2.75, 3.05) is 19.6 Å². The molecule has 3 aliphatic rings. The van der Waals surface area contributed by atoms with Crippen LogP contribution in [-0.2, 0) is 0 Å². The lowest BCUT2D eigenvalue weighted by atomic mass is 9.84. The molecule has 3 fully saturated rings. The summed E-state index contributed by atoms with van der Waals surface area (Å²) in [4.78, 5) is 4.33. The van der Waals surface area contributed by atoms with E-state index in [2.05, 4.69) is 20.3 Å². The van der Waals surface area contributed by atoms with Gasteiger partial charge >= 0.3 is 0 Å². The molecule has 1 aromatic rings. The minimum Gasteiger partial charge on any atom is -0.301 e. The van der Waals surface area contributed by atoms with Crippen LogP contribution in [0.25, 0.3) is 0 Å². The van der Waals surface area contributed by atoms with E-state index in [0.717, 1.165) is 18.3 Å². The Morgan fingerprint density at radius 1 is 1.27 bits per heavy atom. The minimum atomic E-state index is 0. The summed E-state index contributed by atoms with van der Waals surface area (Å²) in [6, 6.07) is 0.471. The molecule has 1 unspecified atom stereocenters. The van der Waals surface area contributed by atoms with E-state index >= 15 is 0 Å². The number of tetrazole rings is 1. The SMILES string of the molecule is Cc1nnn(C2CN3CCC2CC3)n1.Cl. The number of rotatable bonds is 1. The predicted molar refractivity (Wildman–Crippen MR) is 58.0 cm³/mol. The van der Waals surface area contributed by atoms with E-state index in [1.54, 1.807) is 0 Å². The van der Waals surface area contributed by atoms with Gasteiger partial charge in [0.2, 0.25) is 0 Å². The van der Waals surface area contributed by atoms with Gasteiger partial charge < -0.3 is 4.90 Å². The van der Waals surface area contributed by atoms with Gasteiger partial charge in [0, 0.05) is 6.54 Å². The van der Waals surface area contributed by atoms with Crippen molar-refractivity contribution in [3.05, 3.63) is 5.82 Å². The van der Waals surface area contributed by atoms with Crippen LogP contribution < -0.4 is 0 Å². The zero-order valence-corrected chi connectivity index (χ0v) is 9.65. The van der Waals surface area contributed by atoms with Crippen molar-refractivity contribution in [3.63, 3.8) is 0 Å². The number of nitrogens with zero attached hydrogens (tertiary/aromatic N) is 5. The molecule has 15 heavy (non-hydrogen) atoms. The predicted octanol–water partition coefficient (Wildman–Crippen LogP) is 0.670. The molecule has 6 heteroatoms. The highest BCUT2D eigenvalue weighted by Gasteiger charge is 2.36. The van der Waals surface area contributed by atoms with Gasteiger partial charge in [-0.2, -0.15) is 4.80 Å². The summed E-state index contributed by atoms with van der Waals surface area (Å²) in [7, 11) is 0. The average molecular weight is 230 g/mol. The molecule has 84 valence electrons. The standard InChI is InChI=1S/C9H15N5.ClH/c1-7-10-12-14(11-7)9-6-13-4-2-8(9)3-5-13;/h8-9H,2-6H2,1H3;1H. The molecule has 3 saturated heterocycles. The number of aryl methyl sites for hydroxylation is 1. The fourth-order valence-electron chi connectivity index (χ4n) is 2.63. The first-order valence-corrected chi connectivity index (χ1v) is 5.31. The van der Waals surface area contributed by atoms with Crippen molar-refractivity contribution in [1.29, 1.82) is 0 Å². The van der Waals surface area contributed by atoms with Gasteiger partial charge in [-0.3, -0.25) is 0 Å². The highest BCUT2D eigenvalue weighted by molar-refractivity contribution is 5.85. The van der Waals surface area contributed by atoms with E-state index in [0.29, 0.717) is 6.04 Å². The molecule has 1 atom stereocenters. The van der Waals surface area contributed by atoms with Gasteiger partial charge in [-0.1, -0.05) is 0 Å². The Morgan fingerprint density at radius 3 is 2.47 bits per heavy atom. The minimum absolute atomic E-state index is 0. The monoisotopic (exact) mass is 229 g/mol. The molecule has 0 spiro atoms. The summed E-state index contributed by atoms with van der Waals surface area (Å²) in [5.41, 5.74) is 0. The number of halogens is 1. The molecular formula is C9H16ClN5. The van der Waals surface area contributed by atoms with Crippen molar-refractivity contribution in [3.8, 4) is 0 Å². The van der Waals surface area contributed by atoms with Gasteiger partial charge in [0.25, 0.3) is 0 Å². The van der Waals surface area contributed by atoms with Gasteiger partial charge in [-0.15, -0.1) is 22.6 Å². The second-order valence-corrected chi connectivity index (χ2v) is 4.36. The maximum atomic E-state index is 4.32. The maximum Gasteiger partial charge on any atom is 0.171 e. The van der Waals surface area contributed by atoms with Crippen LogP contribution in [0.1, 0.15) is 24.7 Å². The van der Waals surface area contributed by atoms with Gasteiger partial charge in [0.15, 0.2) is 5.82 Å². The summed E-state index contributed by atoms with van der Waals surface area (Å²) in [6.07, 6.45) is 2.59. The Balaban J connectivity index is 0.000000853. The Morgan fingerprint density at radius 2 is 2.00 bits per heavy atom. The number of hydrogen-bond donors (Lipinski definition) is 0. The molecule has 0 saturated carbocycles. The van der Waals surface area contributed by atoms with Gasteiger partial charge in [0.1, 0.15) is 0 Å².